The molecule has 62 heavy (non-hydrogen) atoms. The first kappa shape index (κ1) is 36.8. The van der Waals surface area contributed by atoms with Crippen molar-refractivity contribution in [1.82, 2.24) is 4.57 Å². The van der Waals surface area contributed by atoms with Gasteiger partial charge in [-0.05, 0) is 105 Å². The monoisotopic (exact) mass is 790 g/mol. The Morgan fingerprint density at radius 3 is 1.42 bits per heavy atom. The smallest absolute Gasteiger partial charge is 0.0547 e. The zero-order chi connectivity index (χ0) is 41.2. The summed E-state index contributed by atoms with van der Waals surface area (Å²) in [6.45, 7) is 0. The third-order valence-electron chi connectivity index (χ3n) is 12.0. The molecule has 0 atom stereocenters. The highest BCUT2D eigenvalue weighted by atomic mass is 15.1. The number of nitrogens with zero attached hydrogens (tertiary/aromatic N) is 2. The van der Waals surface area contributed by atoms with E-state index in [2.05, 4.69) is 264 Å². The van der Waals surface area contributed by atoms with Gasteiger partial charge in [0.05, 0.1) is 16.7 Å². The molecule has 0 aliphatic carbocycles. The van der Waals surface area contributed by atoms with E-state index in [0.717, 1.165) is 39.4 Å². The van der Waals surface area contributed by atoms with Gasteiger partial charge in [-0.2, -0.15) is 0 Å². The Morgan fingerprint density at radius 2 is 0.742 bits per heavy atom. The molecule has 11 rings (SSSR count). The van der Waals surface area contributed by atoms with Crippen molar-refractivity contribution in [2.75, 3.05) is 4.90 Å². The highest BCUT2D eigenvalue weighted by Gasteiger charge is 2.23. The van der Waals surface area contributed by atoms with E-state index in [-0.39, 0.29) is 0 Å². The summed E-state index contributed by atoms with van der Waals surface area (Å²) in [7, 11) is 0. The van der Waals surface area contributed by atoms with Crippen molar-refractivity contribution in [3.05, 3.63) is 255 Å². The van der Waals surface area contributed by atoms with E-state index in [9.17, 15) is 0 Å². The topological polar surface area (TPSA) is 8.17 Å². The van der Waals surface area contributed by atoms with Crippen LogP contribution in [0.1, 0.15) is 0 Å². The second-order valence-corrected chi connectivity index (χ2v) is 15.7. The van der Waals surface area contributed by atoms with Gasteiger partial charge in [0.15, 0.2) is 0 Å². The first-order valence-corrected chi connectivity index (χ1v) is 21.3. The van der Waals surface area contributed by atoms with Crippen LogP contribution in [0.2, 0.25) is 0 Å². The molecule has 0 radical (unpaired) electrons. The van der Waals surface area contributed by atoms with Crippen molar-refractivity contribution >= 4 is 38.9 Å². The summed E-state index contributed by atoms with van der Waals surface area (Å²) in [5, 5.41) is 2.49. The molecule has 0 amide bonds. The highest BCUT2D eigenvalue weighted by molar-refractivity contribution is 6.10. The van der Waals surface area contributed by atoms with Crippen LogP contribution < -0.4 is 4.90 Å². The SMILES string of the molecule is c1ccc(-c2cccc(N(c3cccc(-c4ccc5c6ccccc6n(-c6ccccc6)c5c4)c3)c3cccc(-c4ccccc4)c3-c3ccccc3-c3ccccc3)c2)cc1. The lowest BCUT2D eigenvalue weighted by molar-refractivity contribution is 1.18. The van der Waals surface area contributed by atoms with E-state index in [1.807, 2.05) is 0 Å². The Balaban J connectivity index is 1.16. The summed E-state index contributed by atoms with van der Waals surface area (Å²) in [6, 6.07) is 92.2. The molecule has 0 saturated carbocycles. The summed E-state index contributed by atoms with van der Waals surface area (Å²) in [5.74, 6) is 0. The molecular weight excluding hydrogens is 749 g/mol. The Hall–Kier alpha value is -8.20. The lowest BCUT2D eigenvalue weighted by Crippen LogP contribution is -2.12. The fourth-order valence-electron chi connectivity index (χ4n) is 9.15. The molecular formula is C60H42N2. The van der Waals surface area contributed by atoms with Crippen LogP contribution in [0.15, 0.2) is 255 Å². The molecule has 2 nitrogen and oxygen atoms in total. The zero-order valence-electron chi connectivity index (χ0n) is 34.1. The molecule has 0 fully saturated rings. The van der Waals surface area contributed by atoms with Crippen LogP contribution in [-0.2, 0) is 0 Å². The highest BCUT2D eigenvalue weighted by Crippen LogP contribution is 2.49. The number of hydrogen-bond acceptors (Lipinski definition) is 1. The van der Waals surface area contributed by atoms with Crippen LogP contribution in [0.25, 0.3) is 83.1 Å². The van der Waals surface area contributed by atoms with Gasteiger partial charge in [0, 0.05) is 33.4 Å². The van der Waals surface area contributed by atoms with E-state index in [1.54, 1.807) is 0 Å². The molecule has 11 aromatic rings. The number of aromatic nitrogens is 1. The zero-order valence-corrected chi connectivity index (χ0v) is 34.1. The molecule has 1 heterocycles. The molecule has 0 bridgehead atoms. The Kier molecular flexibility index (Phi) is 9.57. The van der Waals surface area contributed by atoms with Crippen LogP contribution in [-0.4, -0.2) is 4.57 Å². The van der Waals surface area contributed by atoms with Gasteiger partial charge < -0.3 is 9.47 Å². The molecule has 0 aliphatic heterocycles. The molecule has 0 N–H and O–H groups in total. The standard InChI is InChI=1S/C60H42N2/c1-5-20-43(21-6-1)46-26-17-30-50(40-46)61(58-37-19-35-53(45-24-9-3-10-25-45)60(58)56-34-14-13-32-52(56)44-22-7-2-8-23-44)51-31-18-27-47(41-51)48-38-39-55-54-33-15-16-36-57(54)62(59(55)42-48)49-28-11-4-12-29-49/h1-42H. The average Bonchev–Trinajstić information content (AvgIpc) is 3.69. The fraction of sp³-hybridized carbons (Fsp3) is 0. The van der Waals surface area contributed by atoms with Crippen LogP contribution in [0.4, 0.5) is 17.1 Å². The van der Waals surface area contributed by atoms with Gasteiger partial charge in [-0.1, -0.05) is 200 Å². The lowest BCUT2D eigenvalue weighted by Gasteiger charge is -2.30. The Bertz CT molecular complexity index is 3330. The van der Waals surface area contributed by atoms with Crippen molar-refractivity contribution in [3.63, 3.8) is 0 Å². The summed E-state index contributed by atoms with van der Waals surface area (Å²) in [5.41, 5.74) is 18.5. The quantitative estimate of drug-likeness (QED) is 0.141. The van der Waals surface area contributed by atoms with E-state index in [1.165, 1.54) is 60.8 Å². The van der Waals surface area contributed by atoms with Crippen molar-refractivity contribution in [1.29, 1.82) is 0 Å². The Labute approximate surface area is 362 Å². The van der Waals surface area contributed by atoms with E-state index < -0.39 is 0 Å². The maximum absolute atomic E-state index is 2.46. The molecule has 0 unspecified atom stereocenters. The van der Waals surface area contributed by atoms with Gasteiger partial charge in [0.1, 0.15) is 0 Å². The lowest BCUT2D eigenvalue weighted by atomic mass is 9.87. The predicted octanol–water partition coefficient (Wildman–Crippen LogP) is 16.6. The summed E-state index contributed by atoms with van der Waals surface area (Å²) in [6.07, 6.45) is 0. The summed E-state index contributed by atoms with van der Waals surface area (Å²) < 4.78 is 2.39. The maximum atomic E-state index is 2.46. The molecule has 0 spiro atoms. The number of fused-ring (bicyclic) bond motifs is 3. The number of hydrogen-bond donors (Lipinski definition) is 0. The molecule has 292 valence electrons. The van der Waals surface area contributed by atoms with Gasteiger partial charge in [-0.15, -0.1) is 0 Å². The minimum atomic E-state index is 1.07. The van der Waals surface area contributed by atoms with Crippen LogP contribution in [0.3, 0.4) is 0 Å². The first-order chi connectivity index (χ1) is 30.8. The number of para-hydroxylation sites is 2. The predicted molar refractivity (Wildman–Crippen MR) is 263 cm³/mol. The second kappa shape index (κ2) is 16.1. The van der Waals surface area contributed by atoms with Crippen molar-refractivity contribution < 1.29 is 0 Å². The number of benzene rings is 10. The van der Waals surface area contributed by atoms with Gasteiger partial charge in [-0.25, -0.2) is 0 Å². The molecule has 0 saturated heterocycles. The van der Waals surface area contributed by atoms with Gasteiger partial charge in [0.2, 0.25) is 0 Å². The van der Waals surface area contributed by atoms with Crippen molar-refractivity contribution in [3.8, 4) is 61.3 Å². The molecule has 2 heteroatoms. The van der Waals surface area contributed by atoms with Crippen molar-refractivity contribution in [2.45, 2.75) is 0 Å². The van der Waals surface area contributed by atoms with Crippen LogP contribution in [0.5, 0.6) is 0 Å². The van der Waals surface area contributed by atoms with Crippen molar-refractivity contribution in [2.24, 2.45) is 0 Å². The van der Waals surface area contributed by atoms with Gasteiger partial charge >= 0.3 is 0 Å². The maximum Gasteiger partial charge on any atom is 0.0547 e. The molecule has 1 aromatic heterocycles. The summed E-state index contributed by atoms with van der Waals surface area (Å²) in [4.78, 5) is 2.46. The Morgan fingerprint density at radius 1 is 0.274 bits per heavy atom. The molecule has 0 aliphatic rings. The van der Waals surface area contributed by atoms with Gasteiger partial charge in [-0.3, -0.25) is 0 Å². The normalized spacial score (nSPS) is 11.2. The third kappa shape index (κ3) is 6.74. The van der Waals surface area contributed by atoms with Gasteiger partial charge in [0.25, 0.3) is 0 Å². The van der Waals surface area contributed by atoms with Crippen LogP contribution >= 0.6 is 0 Å². The third-order valence-corrected chi connectivity index (χ3v) is 12.0. The average molecular weight is 791 g/mol. The number of rotatable bonds is 9. The van der Waals surface area contributed by atoms with E-state index in [0.29, 0.717) is 0 Å². The number of anilines is 3. The minimum Gasteiger partial charge on any atom is -0.310 e. The van der Waals surface area contributed by atoms with E-state index in [4.69, 9.17) is 0 Å². The fourth-order valence-corrected chi connectivity index (χ4v) is 9.15. The van der Waals surface area contributed by atoms with E-state index >= 15 is 0 Å². The largest absolute Gasteiger partial charge is 0.310 e. The summed E-state index contributed by atoms with van der Waals surface area (Å²) >= 11 is 0. The second-order valence-electron chi connectivity index (χ2n) is 15.7. The minimum absolute atomic E-state index is 1.07. The molecule has 10 aromatic carbocycles. The van der Waals surface area contributed by atoms with Crippen LogP contribution in [0, 0.1) is 0 Å². The first-order valence-electron chi connectivity index (χ1n) is 21.3.